The number of rotatable bonds is 9. The second kappa shape index (κ2) is 13.7. The molecule has 3 aromatic rings. The van der Waals surface area contributed by atoms with E-state index in [1.807, 2.05) is 24.3 Å². The van der Waals surface area contributed by atoms with Crippen LogP contribution in [0.15, 0.2) is 59.1 Å². The van der Waals surface area contributed by atoms with Gasteiger partial charge in [0, 0.05) is 23.7 Å². The molecule has 0 saturated heterocycles. The molecular weight excluding hydrogens is 494 g/mol. The number of hydrogen-bond acceptors (Lipinski definition) is 6. The van der Waals surface area contributed by atoms with Gasteiger partial charge in [-0.2, -0.15) is 0 Å². The Bertz CT molecular complexity index is 1040. The molecule has 0 bridgehead atoms. The van der Waals surface area contributed by atoms with Crippen molar-refractivity contribution in [1.82, 2.24) is 0 Å². The lowest BCUT2D eigenvalue weighted by molar-refractivity contribution is 0.210. The van der Waals surface area contributed by atoms with Gasteiger partial charge in [0.15, 0.2) is 0 Å². The van der Waals surface area contributed by atoms with Crippen LogP contribution in [0.5, 0.6) is 11.5 Å². The molecule has 0 saturated carbocycles. The summed E-state index contributed by atoms with van der Waals surface area (Å²) in [6, 6.07) is 17.9. The van der Waals surface area contributed by atoms with Gasteiger partial charge in [-0.3, -0.25) is 0 Å². The number of aryl methyl sites for hydroxylation is 1. The Morgan fingerprint density at radius 2 is 1.65 bits per heavy atom. The van der Waals surface area contributed by atoms with Crippen LogP contribution in [0.2, 0.25) is 0 Å². The normalized spacial score (nSPS) is 10.4. The third-order valence-corrected chi connectivity index (χ3v) is 6.15. The molecule has 5 N–H and O–H groups in total. The minimum atomic E-state index is 0.313. The molecule has 0 atom stereocenters. The number of benzene rings is 3. The lowest BCUT2D eigenvalue weighted by Gasteiger charge is -2.18. The van der Waals surface area contributed by atoms with Crippen molar-refractivity contribution in [2.45, 2.75) is 33.3 Å². The van der Waals surface area contributed by atoms with Crippen LogP contribution in [0, 0.1) is 6.92 Å². The Morgan fingerprint density at radius 3 is 2.24 bits per heavy atom. The predicted octanol–water partition coefficient (Wildman–Crippen LogP) is 6.38. The zero-order chi connectivity index (χ0) is 25.1. The van der Waals surface area contributed by atoms with Crippen molar-refractivity contribution in [3.63, 3.8) is 0 Å². The lowest BCUT2D eigenvalue weighted by Crippen LogP contribution is -2.12. The van der Waals surface area contributed by atoms with E-state index in [-0.39, 0.29) is 0 Å². The van der Waals surface area contributed by atoms with Crippen LogP contribution >= 0.6 is 15.9 Å². The number of hydrogen-bond donors (Lipinski definition) is 3. The van der Waals surface area contributed by atoms with E-state index in [0.717, 1.165) is 15.7 Å². The number of nitrogens with two attached hydrogens (primary N) is 2. The van der Waals surface area contributed by atoms with Crippen molar-refractivity contribution in [3.8, 4) is 11.5 Å². The van der Waals surface area contributed by atoms with E-state index >= 15 is 0 Å². The summed E-state index contributed by atoms with van der Waals surface area (Å²) in [6.45, 7) is 8.05. The fraction of sp³-hybridized carbons (Fsp3) is 0.333. The summed E-state index contributed by atoms with van der Waals surface area (Å²) in [5.41, 5.74) is 17.6. The van der Waals surface area contributed by atoms with Crippen LogP contribution in [-0.4, -0.2) is 27.4 Å². The predicted molar refractivity (Wildman–Crippen MR) is 146 cm³/mol. The molecule has 0 aliphatic heterocycles. The van der Waals surface area contributed by atoms with Crippen molar-refractivity contribution in [2.75, 3.05) is 44.2 Å². The smallest absolute Gasteiger partial charge is 0.144 e. The largest absolute Gasteiger partial charge is 0.494 e. The van der Waals surface area contributed by atoms with Crippen molar-refractivity contribution in [3.05, 3.63) is 75.8 Å². The summed E-state index contributed by atoms with van der Waals surface area (Å²) in [5.74, 6) is 1.93. The van der Waals surface area contributed by atoms with E-state index in [2.05, 4.69) is 66.3 Å². The van der Waals surface area contributed by atoms with Crippen LogP contribution in [0.25, 0.3) is 0 Å². The van der Waals surface area contributed by atoms with Crippen LogP contribution in [0.3, 0.4) is 0 Å². The molecule has 34 heavy (non-hydrogen) atoms. The molecule has 0 aliphatic carbocycles. The summed E-state index contributed by atoms with van der Waals surface area (Å²) in [7, 11) is 3.25. The van der Waals surface area contributed by atoms with Gasteiger partial charge in [0.25, 0.3) is 0 Å². The minimum Gasteiger partial charge on any atom is -0.494 e. The van der Waals surface area contributed by atoms with E-state index in [9.17, 15) is 0 Å². The molecule has 3 rings (SSSR count). The second-order valence-electron chi connectivity index (χ2n) is 8.15. The second-order valence-corrected chi connectivity index (χ2v) is 8.95. The molecule has 0 heterocycles. The third kappa shape index (κ3) is 7.85. The first-order valence-corrected chi connectivity index (χ1v) is 12.0. The van der Waals surface area contributed by atoms with E-state index in [1.54, 1.807) is 20.3 Å². The number of halogens is 1. The van der Waals surface area contributed by atoms with E-state index in [1.165, 1.54) is 11.1 Å². The van der Waals surface area contributed by atoms with Gasteiger partial charge < -0.3 is 31.0 Å². The van der Waals surface area contributed by atoms with Gasteiger partial charge in [-0.25, -0.2) is 0 Å². The molecule has 6 nitrogen and oxygen atoms in total. The van der Waals surface area contributed by atoms with Gasteiger partial charge in [0.05, 0.1) is 25.1 Å². The Labute approximate surface area is 211 Å². The van der Waals surface area contributed by atoms with Crippen LogP contribution in [0.4, 0.5) is 17.1 Å². The standard InChI is InChI=1S/C17H22BrN3O3.C10H14/c1-22-8-7-21-17-14(23-2)9-11(15(18)16(17)20)10-24-13-6-4-3-5-12(13)19;1-8(2)10-6-4-9(3)5-7-10/h3-6,9,21H,7-8,10,19-20H2,1-2H3;4-8H,1-3H3. The highest BCUT2D eigenvalue weighted by Gasteiger charge is 2.16. The minimum absolute atomic E-state index is 0.313. The van der Waals surface area contributed by atoms with E-state index in [4.69, 9.17) is 25.7 Å². The fourth-order valence-corrected chi connectivity index (χ4v) is 3.58. The highest BCUT2D eigenvalue weighted by molar-refractivity contribution is 9.10. The van der Waals surface area contributed by atoms with Gasteiger partial charge in [0.1, 0.15) is 23.8 Å². The molecule has 0 radical (unpaired) electrons. The molecule has 0 fully saturated rings. The molecule has 0 spiro atoms. The van der Waals surface area contributed by atoms with Gasteiger partial charge in [-0.1, -0.05) is 55.8 Å². The third-order valence-electron chi connectivity index (χ3n) is 5.21. The van der Waals surface area contributed by atoms with Gasteiger partial charge in [0.2, 0.25) is 0 Å². The zero-order valence-electron chi connectivity index (χ0n) is 20.7. The van der Waals surface area contributed by atoms with Gasteiger partial charge in [-0.15, -0.1) is 0 Å². The quantitative estimate of drug-likeness (QED) is 0.220. The lowest BCUT2D eigenvalue weighted by atomic mass is 10.0. The highest BCUT2D eigenvalue weighted by Crippen LogP contribution is 2.39. The average molecular weight is 531 g/mol. The molecule has 0 aliphatic rings. The molecule has 7 heteroatoms. The number of nitrogen functional groups attached to an aromatic ring is 2. The average Bonchev–Trinajstić information content (AvgIpc) is 2.83. The molecule has 0 unspecified atom stereocenters. The first-order chi connectivity index (χ1) is 16.3. The maximum Gasteiger partial charge on any atom is 0.144 e. The van der Waals surface area contributed by atoms with Crippen molar-refractivity contribution < 1.29 is 14.2 Å². The molecular formula is C27H36BrN3O3. The van der Waals surface area contributed by atoms with Crippen LogP contribution in [-0.2, 0) is 11.3 Å². The summed E-state index contributed by atoms with van der Waals surface area (Å²) in [4.78, 5) is 0. The molecule has 3 aromatic carbocycles. The van der Waals surface area contributed by atoms with Crippen LogP contribution in [0.1, 0.15) is 36.5 Å². The van der Waals surface area contributed by atoms with Crippen molar-refractivity contribution in [2.24, 2.45) is 0 Å². The topological polar surface area (TPSA) is 91.8 Å². The molecule has 0 amide bonds. The SMILES string of the molecule is COCCNc1c(OC)cc(COc2ccccc2N)c(Br)c1N.Cc1ccc(C(C)C)cc1. The summed E-state index contributed by atoms with van der Waals surface area (Å²) < 4.78 is 17.0. The number of anilines is 3. The maximum atomic E-state index is 6.23. The number of nitrogens with one attached hydrogen (secondary N) is 1. The fourth-order valence-electron chi connectivity index (χ4n) is 3.15. The van der Waals surface area contributed by atoms with E-state index in [0.29, 0.717) is 48.6 Å². The first-order valence-electron chi connectivity index (χ1n) is 11.2. The van der Waals surface area contributed by atoms with Gasteiger partial charge in [-0.05, 0) is 52.5 Å². The maximum absolute atomic E-state index is 6.23. The Hall–Kier alpha value is -2.90. The van der Waals surface area contributed by atoms with Crippen molar-refractivity contribution >= 4 is 33.0 Å². The Balaban J connectivity index is 0.000000340. The molecule has 184 valence electrons. The molecule has 0 aromatic heterocycles. The number of para-hydroxylation sites is 2. The van der Waals surface area contributed by atoms with Gasteiger partial charge >= 0.3 is 0 Å². The summed E-state index contributed by atoms with van der Waals surface area (Å²) >= 11 is 3.53. The highest BCUT2D eigenvalue weighted by atomic mass is 79.9. The number of methoxy groups -OCH3 is 2. The Kier molecular flexibility index (Phi) is 11.0. The first kappa shape index (κ1) is 27.3. The summed E-state index contributed by atoms with van der Waals surface area (Å²) in [6.07, 6.45) is 0. The van der Waals surface area contributed by atoms with E-state index < -0.39 is 0 Å². The van der Waals surface area contributed by atoms with Crippen LogP contribution < -0.4 is 26.3 Å². The van der Waals surface area contributed by atoms with Crippen molar-refractivity contribution in [1.29, 1.82) is 0 Å². The number of ether oxygens (including phenoxy) is 3. The Morgan fingerprint density at radius 1 is 0.971 bits per heavy atom. The summed E-state index contributed by atoms with van der Waals surface area (Å²) in [5, 5.41) is 3.22. The monoisotopic (exact) mass is 529 g/mol. The zero-order valence-corrected chi connectivity index (χ0v) is 22.2.